The Bertz CT molecular complexity index is 382. The molecule has 0 saturated heterocycles. The highest BCUT2D eigenvalue weighted by atomic mass is 32.2. The lowest BCUT2D eigenvalue weighted by Crippen LogP contribution is -2.03. The highest BCUT2D eigenvalue weighted by Gasteiger charge is 2.00. The molecule has 0 unspecified atom stereocenters. The number of rotatable bonds is 7. The third-order valence-electron chi connectivity index (χ3n) is 2.64. The molecule has 2 nitrogen and oxygen atoms in total. The second kappa shape index (κ2) is 8.03. The summed E-state index contributed by atoms with van der Waals surface area (Å²) in [6.45, 7) is 2.96. The predicted octanol–water partition coefficient (Wildman–Crippen LogP) is 3.81. The van der Waals surface area contributed by atoms with Crippen LogP contribution < -0.4 is 5.32 Å². The van der Waals surface area contributed by atoms with Crippen LogP contribution in [0.3, 0.4) is 0 Å². The molecule has 0 aliphatic heterocycles. The average molecular weight is 248 g/mol. The van der Waals surface area contributed by atoms with Gasteiger partial charge in [-0.1, -0.05) is 12.5 Å². The highest BCUT2D eigenvalue weighted by molar-refractivity contribution is 7.98. The summed E-state index contributed by atoms with van der Waals surface area (Å²) >= 11 is 1.90. The van der Waals surface area contributed by atoms with E-state index in [1.807, 2.05) is 36.9 Å². The smallest absolute Gasteiger partial charge is 0.101 e. The van der Waals surface area contributed by atoms with E-state index in [1.54, 1.807) is 0 Å². The monoisotopic (exact) mass is 248 g/mol. The van der Waals surface area contributed by atoms with Crippen LogP contribution in [-0.2, 0) is 0 Å². The van der Waals surface area contributed by atoms with Crippen LogP contribution in [0.5, 0.6) is 0 Å². The molecule has 0 spiro atoms. The Kier molecular flexibility index (Phi) is 6.57. The molecule has 0 heterocycles. The number of anilines is 1. The van der Waals surface area contributed by atoms with Crippen LogP contribution in [0.4, 0.5) is 5.69 Å². The highest BCUT2D eigenvalue weighted by Crippen LogP contribution is 2.16. The molecule has 1 aromatic rings. The van der Waals surface area contributed by atoms with Crippen LogP contribution in [-0.4, -0.2) is 18.6 Å². The van der Waals surface area contributed by atoms with Gasteiger partial charge in [0.2, 0.25) is 0 Å². The van der Waals surface area contributed by atoms with Gasteiger partial charge in [0.15, 0.2) is 0 Å². The Morgan fingerprint density at radius 1 is 1.29 bits per heavy atom. The molecule has 1 N–H and O–H groups in total. The van der Waals surface area contributed by atoms with Crippen molar-refractivity contribution in [2.24, 2.45) is 0 Å². The van der Waals surface area contributed by atoms with Gasteiger partial charge in [0.1, 0.15) is 6.07 Å². The molecule has 3 heteroatoms. The van der Waals surface area contributed by atoms with Crippen molar-refractivity contribution in [2.75, 3.05) is 23.9 Å². The first-order chi connectivity index (χ1) is 8.27. The first-order valence-corrected chi connectivity index (χ1v) is 7.41. The summed E-state index contributed by atoms with van der Waals surface area (Å²) in [7, 11) is 0. The van der Waals surface area contributed by atoms with E-state index in [2.05, 4.69) is 17.6 Å². The molecule has 0 aliphatic rings. The Morgan fingerprint density at radius 3 is 2.82 bits per heavy atom. The number of unbranched alkanes of at least 4 members (excludes halogenated alkanes) is 2. The first kappa shape index (κ1) is 13.9. The number of hydrogen-bond acceptors (Lipinski definition) is 3. The van der Waals surface area contributed by atoms with E-state index in [1.165, 1.54) is 25.0 Å². The average Bonchev–Trinajstić information content (AvgIpc) is 2.35. The number of nitrogens with one attached hydrogen (secondary N) is 1. The van der Waals surface area contributed by atoms with Crippen LogP contribution in [0.25, 0.3) is 0 Å². The number of aryl methyl sites for hydroxylation is 1. The van der Waals surface area contributed by atoms with Crippen LogP contribution in [0.15, 0.2) is 18.2 Å². The van der Waals surface area contributed by atoms with Crippen LogP contribution in [0, 0.1) is 18.3 Å². The van der Waals surface area contributed by atoms with Gasteiger partial charge < -0.3 is 5.32 Å². The molecule has 0 radical (unpaired) electrons. The van der Waals surface area contributed by atoms with Crippen LogP contribution in [0.1, 0.15) is 30.4 Å². The molecule has 0 fully saturated rings. The Labute approximate surface area is 108 Å². The van der Waals surface area contributed by atoms with Crippen molar-refractivity contribution in [3.63, 3.8) is 0 Å². The van der Waals surface area contributed by atoms with Crippen molar-refractivity contribution in [2.45, 2.75) is 26.2 Å². The SMILES string of the molecule is CSCCCCCNc1ccc(C)cc1C#N. The molecule has 0 amide bonds. The molecule has 1 rings (SSSR count). The molecular formula is C14H20N2S. The zero-order valence-corrected chi connectivity index (χ0v) is 11.4. The topological polar surface area (TPSA) is 35.8 Å². The maximum absolute atomic E-state index is 9.02. The van der Waals surface area contributed by atoms with Gasteiger partial charge in [-0.05, 0) is 49.5 Å². The van der Waals surface area contributed by atoms with Crippen molar-refractivity contribution in [1.29, 1.82) is 5.26 Å². The molecule has 92 valence electrons. The Morgan fingerprint density at radius 2 is 2.12 bits per heavy atom. The number of nitriles is 1. The third kappa shape index (κ3) is 5.14. The Balaban J connectivity index is 2.34. The minimum absolute atomic E-state index is 0.745. The van der Waals surface area contributed by atoms with Crippen molar-refractivity contribution in [3.05, 3.63) is 29.3 Å². The van der Waals surface area contributed by atoms with Gasteiger partial charge >= 0.3 is 0 Å². The summed E-state index contributed by atoms with van der Waals surface area (Å²) in [5.74, 6) is 1.24. The van der Waals surface area contributed by atoms with Gasteiger partial charge in [-0.25, -0.2) is 0 Å². The molecule has 0 saturated carbocycles. The van der Waals surface area contributed by atoms with Crippen molar-refractivity contribution < 1.29 is 0 Å². The van der Waals surface area contributed by atoms with E-state index >= 15 is 0 Å². The fourth-order valence-corrected chi connectivity index (χ4v) is 2.17. The van der Waals surface area contributed by atoms with Crippen molar-refractivity contribution in [1.82, 2.24) is 0 Å². The van der Waals surface area contributed by atoms with Crippen molar-refractivity contribution >= 4 is 17.4 Å². The van der Waals surface area contributed by atoms with Crippen LogP contribution >= 0.6 is 11.8 Å². The van der Waals surface area contributed by atoms with E-state index in [9.17, 15) is 0 Å². The molecule has 17 heavy (non-hydrogen) atoms. The number of benzene rings is 1. The number of nitrogens with zero attached hydrogens (tertiary/aromatic N) is 1. The number of thioether (sulfide) groups is 1. The lowest BCUT2D eigenvalue weighted by molar-refractivity contribution is 0.749. The quantitative estimate of drug-likeness (QED) is 0.745. The molecule has 0 aliphatic carbocycles. The summed E-state index contributed by atoms with van der Waals surface area (Å²) in [6.07, 6.45) is 5.84. The lowest BCUT2D eigenvalue weighted by Gasteiger charge is -2.08. The van der Waals surface area contributed by atoms with Gasteiger partial charge in [0.25, 0.3) is 0 Å². The largest absolute Gasteiger partial charge is 0.384 e. The van der Waals surface area contributed by atoms with Gasteiger partial charge in [0.05, 0.1) is 11.3 Å². The zero-order valence-electron chi connectivity index (χ0n) is 10.6. The van der Waals surface area contributed by atoms with E-state index < -0.39 is 0 Å². The van der Waals surface area contributed by atoms with E-state index in [-0.39, 0.29) is 0 Å². The second-order valence-corrected chi connectivity index (χ2v) is 5.13. The maximum atomic E-state index is 9.02. The van der Waals surface area contributed by atoms with Crippen LogP contribution in [0.2, 0.25) is 0 Å². The van der Waals surface area contributed by atoms with Crippen molar-refractivity contribution in [3.8, 4) is 6.07 Å². The van der Waals surface area contributed by atoms with E-state index in [4.69, 9.17) is 5.26 Å². The normalized spacial score (nSPS) is 9.94. The molecule has 0 aromatic heterocycles. The molecule has 0 bridgehead atoms. The molecule has 1 aromatic carbocycles. The minimum Gasteiger partial charge on any atom is -0.384 e. The molecule has 0 atom stereocenters. The summed E-state index contributed by atoms with van der Waals surface area (Å²) in [5.41, 5.74) is 2.84. The van der Waals surface area contributed by atoms with Gasteiger partial charge in [-0.3, -0.25) is 0 Å². The number of hydrogen-bond donors (Lipinski definition) is 1. The fourth-order valence-electron chi connectivity index (χ4n) is 1.68. The Hall–Kier alpha value is -1.14. The molecular weight excluding hydrogens is 228 g/mol. The van der Waals surface area contributed by atoms with E-state index in [0.29, 0.717) is 0 Å². The first-order valence-electron chi connectivity index (χ1n) is 6.01. The second-order valence-electron chi connectivity index (χ2n) is 4.14. The van der Waals surface area contributed by atoms with E-state index in [0.717, 1.165) is 23.4 Å². The third-order valence-corrected chi connectivity index (χ3v) is 3.33. The maximum Gasteiger partial charge on any atom is 0.101 e. The summed E-state index contributed by atoms with van der Waals surface area (Å²) in [6, 6.07) is 8.19. The summed E-state index contributed by atoms with van der Waals surface area (Å²) < 4.78 is 0. The van der Waals surface area contributed by atoms with Gasteiger partial charge in [0, 0.05) is 6.54 Å². The summed E-state index contributed by atoms with van der Waals surface area (Å²) in [4.78, 5) is 0. The lowest BCUT2D eigenvalue weighted by atomic mass is 10.1. The summed E-state index contributed by atoms with van der Waals surface area (Å²) in [5, 5.41) is 12.4. The van der Waals surface area contributed by atoms with Gasteiger partial charge in [-0.15, -0.1) is 0 Å². The standard InChI is InChI=1S/C14H20N2S/c1-12-6-7-14(13(10-12)11-15)16-8-4-3-5-9-17-2/h6-7,10,16H,3-5,8-9H2,1-2H3. The minimum atomic E-state index is 0.745. The zero-order chi connectivity index (χ0) is 12.5. The predicted molar refractivity (Wildman–Crippen MR) is 76.6 cm³/mol. The fraction of sp³-hybridized carbons (Fsp3) is 0.500. The van der Waals surface area contributed by atoms with Gasteiger partial charge in [-0.2, -0.15) is 17.0 Å².